The number of rotatable bonds is 2. The molecule has 0 radical (unpaired) electrons. The lowest BCUT2D eigenvalue weighted by molar-refractivity contribution is -0.125. The van der Waals surface area contributed by atoms with Crippen LogP contribution < -0.4 is 15.5 Å². The minimum Gasteiger partial charge on any atom is -0.359 e. The van der Waals surface area contributed by atoms with Crippen LogP contribution in [0.4, 0.5) is 5.82 Å². The maximum Gasteiger partial charge on any atom is 0.222 e. The van der Waals surface area contributed by atoms with Crippen molar-refractivity contribution in [2.75, 3.05) is 31.6 Å². The quantitative estimate of drug-likeness (QED) is 0.800. The summed E-state index contributed by atoms with van der Waals surface area (Å²) in [7, 11) is 1.71. The molecule has 0 spiro atoms. The van der Waals surface area contributed by atoms with Crippen molar-refractivity contribution in [3.8, 4) is 0 Å². The Morgan fingerprint density at radius 3 is 2.95 bits per heavy atom. The SMILES string of the molecule is CNC(=O)C1CCN(c2ncnc3c2CNCC3)CC1. The van der Waals surface area contributed by atoms with E-state index in [4.69, 9.17) is 0 Å². The van der Waals surface area contributed by atoms with Crippen molar-refractivity contribution in [3.63, 3.8) is 0 Å². The van der Waals surface area contributed by atoms with Gasteiger partial charge in [0.05, 0.1) is 5.69 Å². The van der Waals surface area contributed by atoms with Crippen LogP contribution in [0.3, 0.4) is 0 Å². The second-order valence-corrected chi connectivity index (χ2v) is 5.42. The molecule has 0 aromatic carbocycles. The molecule has 0 aliphatic carbocycles. The first kappa shape index (κ1) is 13.3. The molecule has 1 aromatic heterocycles. The van der Waals surface area contributed by atoms with E-state index < -0.39 is 0 Å². The zero-order valence-corrected chi connectivity index (χ0v) is 11.9. The molecule has 108 valence electrons. The molecular weight excluding hydrogens is 254 g/mol. The van der Waals surface area contributed by atoms with Gasteiger partial charge in [0.25, 0.3) is 0 Å². The fourth-order valence-electron chi connectivity index (χ4n) is 3.08. The van der Waals surface area contributed by atoms with Crippen LogP contribution in [0, 0.1) is 5.92 Å². The second-order valence-electron chi connectivity index (χ2n) is 5.42. The summed E-state index contributed by atoms with van der Waals surface area (Å²) in [6, 6.07) is 0. The highest BCUT2D eigenvalue weighted by Gasteiger charge is 2.27. The van der Waals surface area contributed by atoms with Crippen molar-refractivity contribution in [2.24, 2.45) is 5.92 Å². The second kappa shape index (κ2) is 5.75. The van der Waals surface area contributed by atoms with Crippen LogP contribution in [0.25, 0.3) is 0 Å². The first-order chi connectivity index (χ1) is 9.79. The highest BCUT2D eigenvalue weighted by molar-refractivity contribution is 5.78. The monoisotopic (exact) mass is 275 g/mol. The number of aromatic nitrogens is 2. The summed E-state index contributed by atoms with van der Waals surface area (Å²) in [5.41, 5.74) is 2.40. The highest BCUT2D eigenvalue weighted by atomic mass is 16.1. The molecule has 2 N–H and O–H groups in total. The van der Waals surface area contributed by atoms with E-state index in [1.54, 1.807) is 13.4 Å². The van der Waals surface area contributed by atoms with Crippen LogP contribution in [-0.4, -0.2) is 42.6 Å². The Labute approximate surface area is 119 Å². The molecular formula is C14H21N5O. The molecule has 20 heavy (non-hydrogen) atoms. The molecule has 3 rings (SSSR count). The van der Waals surface area contributed by atoms with Crippen molar-refractivity contribution in [3.05, 3.63) is 17.6 Å². The molecule has 2 aliphatic heterocycles. The van der Waals surface area contributed by atoms with Crippen molar-refractivity contribution in [1.29, 1.82) is 0 Å². The minimum absolute atomic E-state index is 0.145. The highest BCUT2D eigenvalue weighted by Crippen LogP contribution is 2.27. The van der Waals surface area contributed by atoms with Gasteiger partial charge < -0.3 is 15.5 Å². The predicted molar refractivity (Wildman–Crippen MR) is 76.4 cm³/mol. The summed E-state index contributed by atoms with van der Waals surface area (Å²) in [5.74, 6) is 1.36. The van der Waals surface area contributed by atoms with Crippen LogP contribution in [-0.2, 0) is 17.8 Å². The molecule has 1 aromatic rings. The van der Waals surface area contributed by atoms with Gasteiger partial charge in [0.15, 0.2) is 0 Å². The number of nitrogens with one attached hydrogen (secondary N) is 2. The standard InChI is InChI=1S/C14H21N5O/c1-15-14(20)10-3-6-19(7-4-10)13-11-8-16-5-2-12(11)17-9-18-13/h9-10,16H,2-8H2,1H3,(H,15,20). The molecule has 1 fully saturated rings. The van der Waals surface area contributed by atoms with E-state index >= 15 is 0 Å². The predicted octanol–water partition coefficient (Wildman–Crippen LogP) is 0.0847. The lowest BCUT2D eigenvalue weighted by Crippen LogP contribution is -2.41. The summed E-state index contributed by atoms with van der Waals surface area (Å²) < 4.78 is 0. The molecule has 6 heteroatoms. The Morgan fingerprint density at radius 2 is 2.20 bits per heavy atom. The van der Waals surface area contributed by atoms with Crippen LogP contribution in [0.5, 0.6) is 0 Å². The number of carbonyl (C=O) groups is 1. The van der Waals surface area contributed by atoms with E-state index in [0.717, 1.165) is 51.3 Å². The average Bonchev–Trinajstić information content (AvgIpc) is 2.54. The van der Waals surface area contributed by atoms with Gasteiger partial charge in [-0.3, -0.25) is 4.79 Å². The molecule has 0 atom stereocenters. The first-order valence-corrected chi connectivity index (χ1v) is 7.29. The van der Waals surface area contributed by atoms with Gasteiger partial charge in [0.1, 0.15) is 12.1 Å². The molecule has 3 heterocycles. The minimum atomic E-state index is 0.145. The summed E-state index contributed by atoms with van der Waals surface area (Å²) in [5, 5.41) is 6.13. The molecule has 6 nitrogen and oxygen atoms in total. The number of hydrogen-bond donors (Lipinski definition) is 2. The Hall–Kier alpha value is -1.69. The number of nitrogens with zero attached hydrogens (tertiary/aromatic N) is 3. The topological polar surface area (TPSA) is 70.2 Å². The fraction of sp³-hybridized carbons (Fsp3) is 0.643. The van der Waals surface area contributed by atoms with Gasteiger partial charge in [-0.05, 0) is 12.8 Å². The lowest BCUT2D eigenvalue weighted by atomic mass is 9.95. The summed E-state index contributed by atoms with van der Waals surface area (Å²) in [6.45, 7) is 3.62. The fourth-order valence-corrected chi connectivity index (χ4v) is 3.08. The smallest absolute Gasteiger partial charge is 0.222 e. The van der Waals surface area contributed by atoms with Gasteiger partial charge in [-0.2, -0.15) is 0 Å². The molecule has 2 aliphatic rings. The van der Waals surface area contributed by atoms with Crippen molar-refractivity contribution in [1.82, 2.24) is 20.6 Å². The van der Waals surface area contributed by atoms with Crippen molar-refractivity contribution >= 4 is 11.7 Å². The zero-order chi connectivity index (χ0) is 13.9. The average molecular weight is 275 g/mol. The number of fused-ring (bicyclic) bond motifs is 1. The Kier molecular flexibility index (Phi) is 3.82. The first-order valence-electron chi connectivity index (χ1n) is 7.29. The van der Waals surface area contributed by atoms with E-state index in [2.05, 4.69) is 25.5 Å². The molecule has 1 saturated heterocycles. The molecule has 0 saturated carbocycles. The van der Waals surface area contributed by atoms with Crippen LogP contribution in [0.15, 0.2) is 6.33 Å². The number of piperidine rings is 1. The lowest BCUT2D eigenvalue weighted by Gasteiger charge is -2.34. The summed E-state index contributed by atoms with van der Waals surface area (Å²) >= 11 is 0. The summed E-state index contributed by atoms with van der Waals surface area (Å²) in [4.78, 5) is 22.8. The van der Waals surface area contributed by atoms with Crippen molar-refractivity contribution in [2.45, 2.75) is 25.8 Å². The maximum absolute atomic E-state index is 11.7. The van der Waals surface area contributed by atoms with Gasteiger partial charge in [-0.25, -0.2) is 9.97 Å². The maximum atomic E-state index is 11.7. The van der Waals surface area contributed by atoms with Gasteiger partial charge in [0.2, 0.25) is 5.91 Å². The van der Waals surface area contributed by atoms with Crippen LogP contribution in [0.1, 0.15) is 24.1 Å². The largest absolute Gasteiger partial charge is 0.359 e. The van der Waals surface area contributed by atoms with E-state index in [9.17, 15) is 4.79 Å². The molecule has 0 bridgehead atoms. The summed E-state index contributed by atoms with van der Waals surface area (Å²) in [6.07, 6.45) is 4.43. The van der Waals surface area contributed by atoms with E-state index in [0.29, 0.717) is 0 Å². The van der Waals surface area contributed by atoms with Gasteiger partial charge in [0, 0.05) is 51.1 Å². The number of anilines is 1. The van der Waals surface area contributed by atoms with Gasteiger partial charge in [-0.15, -0.1) is 0 Å². The van der Waals surface area contributed by atoms with Crippen molar-refractivity contribution < 1.29 is 4.79 Å². The third kappa shape index (κ3) is 2.47. The number of carbonyl (C=O) groups excluding carboxylic acids is 1. The normalized spacial score (nSPS) is 19.6. The zero-order valence-electron chi connectivity index (χ0n) is 11.9. The van der Waals surface area contributed by atoms with Gasteiger partial charge >= 0.3 is 0 Å². The Balaban J connectivity index is 1.74. The third-order valence-corrected chi connectivity index (χ3v) is 4.26. The number of hydrogen-bond acceptors (Lipinski definition) is 5. The van der Waals surface area contributed by atoms with Crippen LogP contribution in [0.2, 0.25) is 0 Å². The van der Waals surface area contributed by atoms with Gasteiger partial charge in [-0.1, -0.05) is 0 Å². The number of amides is 1. The van der Waals surface area contributed by atoms with E-state index in [1.807, 2.05) is 0 Å². The molecule has 1 amide bonds. The van der Waals surface area contributed by atoms with E-state index in [1.165, 1.54) is 11.3 Å². The Bertz CT molecular complexity index is 496. The Morgan fingerprint density at radius 1 is 1.40 bits per heavy atom. The third-order valence-electron chi connectivity index (χ3n) is 4.26. The van der Waals surface area contributed by atoms with E-state index in [-0.39, 0.29) is 11.8 Å². The van der Waals surface area contributed by atoms with Crippen LogP contribution >= 0.6 is 0 Å². The molecule has 0 unspecified atom stereocenters.